The minimum absolute atomic E-state index is 0.0826. The summed E-state index contributed by atoms with van der Waals surface area (Å²) in [7, 11) is 0. The first kappa shape index (κ1) is 24.8. The van der Waals surface area contributed by atoms with Crippen LogP contribution < -0.4 is 0 Å². The van der Waals surface area contributed by atoms with Crippen LogP contribution in [0.2, 0.25) is 20.1 Å². The molecular formula is C24H24Cl4N2O3. The lowest BCUT2D eigenvalue weighted by Crippen LogP contribution is -2.33. The number of rotatable bonds is 9. The third-order valence-corrected chi connectivity index (χ3v) is 6.63. The van der Waals surface area contributed by atoms with Crippen LogP contribution in [0.4, 0.5) is 0 Å². The fourth-order valence-electron chi connectivity index (χ4n) is 3.74. The van der Waals surface area contributed by atoms with E-state index in [0.717, 1.165) is 30.4 Å². The Morgan fingerprint density at radius 1 is 1.03 bits per heavy atom. The van der Waals surface area contributed by atoms with Gasteiger partial charge in [0, 0.05) is 38.0 Å². The molecule has 4 rings (SSSR count). The molecule has 9 heteroatoms. The van der Waals surface area contributed by atoms with Crippen molar-refractivity contribution >= 4 is 46.4 Å². The van der Waals surface area contributed by atoms with Crippen molar-refractivity contribution in [2.45, 2.75) is 50.9 Å². The van der Waals surface area contributed by atoms with Crippen molar-refractivity contribution < 1.29 is 14.2 Å². The molecule has 2 aromatic carbocycles. The maximum absolute atomic E-state index is 6.47. The second-order valence-corrected chi connectivity index (χ2v) is 9.60. The highest BCUT2D eigenvalue weighted by Gasteiger charge is 2.25. The SMILES string of the molecule is Clc1ccc(COC2CCCC(COC(Cn3ccnc3)c3ccc(Cl)cc3Cl)O2)c(Cl)c1. The molecule has 3 aromatic rings. The van der Waals surface area contributed by atoms with E-state index >= 15 is 0 Å². The zero-order chi connectivity index (χ0) is 23.2. The molecular weight excluding hydrogens is 506 g/mol. The smallest absolute Gasteiger partial charge is 0.158 e. The fraction of sp³-hybridized carbons (Fsp3) is 0.375. The standard InChI is InChI=1S/C24H24Cl4N2O3/c25-17-5-4-16(21(27)10-17)13-32-24-3-1-2-19(33-24)14-31-23(12-30-9-8-29-15-30)20-7-6-18(26)11-22(20)28/h4-11,15,19,23-24H,1-3,12-14H2. The summed E-state index contributed by atoms with van der Waals surface area (Å²) in [6.07, 6.45) is 7.41. The largest absolute Gasteiger partial charge is 0.369 e. The van der Waals surface area contributed by atoms with E-state index in [4.69, 9.17) is 60.6 Å². The van der Waals surface area contributed by atoms with E-state index in [-0.39, 0.29) is 18.5 Å². The highest BCUT2D eigenvalue weighted by atomic mass is 35.5. The summed E-state index contributed by atoms with van der Waals surface area (Å²) in [5, 5.41) is 2.33. The molecule has 33 heavy (non-hydrogen) atoms. The molecule has 1 aromatic heterocycles. The van der Waals surface area contributed by atoms with Gasteiger partial charge in [0.15, 0.2) is 6.29 Å². The molecule has 3 unspecified atom stereocenters. The molecule has 0 aliphatic carbocycles. The first-order valence-corrected chi connectivity index (χ1v) is 12.2. The zero-order valence-electron chi connectivity index (χ0n) is 17.8. The van der Waals surface area contributed by atoms with Crippen molar-refractivity contribution in [1.82, 2.24) is 9.55 Å². The van der Waals surface area contributed by atoms with Crippen LogP contribution in [-0.4, -0.2) is 28.6 Å². The number of ether oxygens (including phenoxy) is 3. The summed E-state index contributed by atoms with van der Waals surface area (Å²) in [5.41, 5.74) is 1.75. The quantitative estimate of drug-likeness (QED) is 0.290. The van der Waals surface area contributed by atoms with Crippen molar-refractivity contribution in [3.63, 3.8) is 0 Å². The van der Waals surface area contributed by atoms with Gasteiger partial charge in [0.25, 0.3) is 0 Å². The van der Waals surface area contributed by atoms with Gasteiger partial charge in [-0.15, -0.1) is 0 Å². The summed E-state index contributed by atoms with van der Waals surface area (Å²) < 4.78 is 20.4. The van der Waals surface area contributed by atoms with Crippen molar-refractivity contribution in [2.75, 3.05) is 6.61 Å². The molecule has 176 valence electrons. The number of halogens is 4. The Labute approximate surface area is 213 Å². The summed E-state index contributed by atoms with van der Waals surface area (Å²) in [5.74, 6) is 0. The second kappa shape index (κ2) is 11.9. The van der Waals surface area contributed by atoms with E-state index in [1.54, 1.807) is 30.7 Å². The van der Waals surface area contributed by atoms with E-state index in [2.05, 4.69) is 4.98 Å². The van der Waals surface area contributed by atoms with Gasteiger partial charge in [-0.05, 0) is 49.1 Å². The minimum Gasteiger partial charge on any atom is -0.369 e. The van der Waals surface area contributed by atoms with E-state index in [1.165, 1.54) is 0 Å². The first-order chi connectivity index (χ1) is 16.0. The van der Waals surface area contributed by atoms with Crippen LogP contribution in [-0.2, 0) is 27.4 Å². The lowest BCUT2D eigenvalue weighted by molar-refractivity contribution is -0.213. The molecule has 1 saturated heterocycles. The number of nitrogens with zero attached hydrogens (tertiary/aromatic N) is 2. The van der Waals surface area contributed by atoms with E-state index in [1.807, 2.05) is 29.0 Å². The monoisotopic (exact) mass is 528 g/mol. The number of imidazole rings is 1. The van der Waals surface area contributed by atoms with Gasteiger partial charge in [0.2, 0.25) is 0 Å². The molecule has 3 atom stereocenters. The Morgan fingerprint density at radius 3 is 2.55 bits per heavy atom. The van der Waals surface area contributed by atoms with Gasteiger partial charge >= 0.3 is 0 Å². The Bertz CT molecular complexity index is 1050. The molecule has 0 N–H and O–H groups in total. The van der Waals surface area contributed by atoms with Gasteiger partial charge in [0.1, 0.15) is 6.10 Å². The van der Waals surface area contributed by atoms with Crippen LogP contribution in [0, 0.1) is 0 Å². The molecule has 0 bridgehead atoms. The summed E-state index contributed by atoms with van der Waals surface area (Å²) >= 11 is 24.8. The Hall–Kier alpha value is -1.31. The van der Waals surface area contributed by atoms with Crippen molar-refractivity contribution in [3.05, 3.63) is 86.3 Å². The minimum atomic E-state index is -0.315. The number of hydrogen-bond donors (Lipinski definition) is 0. The lowest BCUT2D eigenvalue weighted by Gasteiger charge is -2.31. The molecule has 2 heterocycles. The lowest BCUT2D eigenvalue weighted by atomic mass is 10.1. The average Bonchev–Trinajstić information content (AvgIpc) is 3.30. The molecule has 5 nitrogen and oxygen atoms in total. The molecule has 1 aliphatic rings. The Kier molecular flexibility index (Phi) is 8.94. The normalized spacial score (nSPS) is 19.5. The molecule has 1 fully saturated rings. The number of benzene rings is 2. The van der Waals surface area contributed by atoms with Gasteiger partial charge in [-0.25, -0.2) is 4.98 Å². The third-order valence-electron chi connectivity index (χ3n) is 5.48. The van der Waals surface area contributed by atoms with E-state index in [9.17, 15) is 0 Å². The topological polar surface area (TPSA) is 45.5 Å². The highest BCUT2D eigenvalue weighted by molar-refractivity contribution is 6.35. The van der Waals surface area contributed by atoms with Crippen LogP contribution in [0.15, 0.2) is 55.1 Å². The maximum atomic E-state index is 6.47. The van der Waals surface area contributed by atoms with Crippen molar-refractivity contribution in [3.8, 4) is 0 Å². The number of hydrogen-bond acceptors (Lipinski definition) is 4. The van der Waals surface area contributed by atoms with Crippen LogP contribution in [0.1, 0.15) is 36.5 Å². The summed E-state index contributed by atoms with van der Waals surface area (Å²) in [4.78, 5) is 4.12. The van der Waals surface area contributed by atoms with Crippen LogP contribution >= 0.6 is 46.4 Å². The van der Waals surface area contributed by atoms with Gasteiger partial charge < -0.3 is 18.8 Å². The molecule has 0 saturated carbocycles. The average molecular weight is 530 g/mol. The van der Waals surface area contributed by atoms with Crippen LogP contribution in [0.25, 0.3) is 0 Å². The molecule has 0 radical (unpaired) electrons. The highest BCUT2D eigenvalue weighted by Crippen LogP contribution is 2.31. The van der Waals surface area contributed by atoms with Crippen LogP contribution in [0.5, 0.6) is 0 Å². The second-order valence-electron chi connectivity index (χ2n) is 7.91. The zero-order valence-corrected chi connectivity index (χ0v) is 20.8. The summed E-state index contributed by atoms with van der Waals surface area (Å²) in [6.45, 7) is 1.35. The predicted molar refractivity (Wildman–Crippen MR) is 131 cm³/mol. The predicted octanol–water partition coefficient (Wildman–Crippen LogP) is 7.37. The van der Waals surface area contributed by atoms with Gasteiger partial charge in [0.05, 0.1) is 32.2 Å². The molecule has 0 spiro atoms. The van der Waals surface area contributed by atoms with Gasteiger partial charge in [-0.1, -0.05) is 58.5 Å². The third kappa shape index (κ3) is 7.09. The van der Waals surface area contributed by atoms with Crippen molar-refractivity contribution in [2.24, 2.45) is 0 Å². The Balaban J connectivity index is 1.35. The Morgan fingerprint density at radius 2 is 1.82 bits per heavy atom. The summed E-state index contributed by atoms with van der Waals surface area (Å²) in [6, 6.07) is 10.8. The molecule has 1 aliphatic heterocycles. The maximum Gasteiger partial charge on any atom is 0.158 e. The van der Waals surface area contributed by atoms with Crippen LogP contribution in [0.3, 0.4) is 0 Å². The van der Waals surface area contributed by atoms with Gasteiger partial charge in [-0.3, -0.25) is 0 Å². The van der Waals surface area contributed by atoms with Crippen molar-refractivity contribution in [1.29, 1.82) is 0 Å². The fourth-order valence-corrected chi connectivity index (χ4v) is 4.74. The first-order valence-electron chi connectivity index (χ1n) is 10.7. The molecule has 0 amide bonds. The number of aromatic nitrogens is 2. The van der Waals surface area contributed by atoms with Gasteiger partial charge in [-0.2, -0.15) is 0 Å². The van der Waals surface area contributed by atoms with E-state index in [0.29, 0.717) is 39.8 Å². The van der Waals surface area contributed by atoms with E-state index < -0.39 is 0 Å².